The molecule has 1 unspecified atom stereocenters. The number of aryl methyl sites for hydroxylation is 2. The first kappa shape index (κ1) is 19.6. The van der Waals surface area contributed by atoms with Crippen molar-refractivity contribution in [1.82, 2.24) is 25.1 Å². The second kappa shape index (κ2) is 9.66. The van der Waals surface area contributed by atoms with Gasteiger partial charge in [0.15, 0.2) is 0 Å². The molecule has 1 N–H and O–H groups in total. The van der Waals surface area contributed by atoms with E-state index in [0.717, 1.165) is 88.0 Å². The first-order valence-electron chi connectivity index (χ1n) is 9.32. The normalized spacial score (nSPS) is 20.7. The van der Waals surface area contributed by atoms with E-state index in [0.29, 0.717) is 0 Å². The minimum atomic E-state index is -0.0114. The first-order chi connectivity index (χ1) is 12.6. The average molecular weight is 380 g/mol. The van der Waals surface area contributed by atoms with E-state index < -0.39 is 0 Å². The van der Waals surface area contributed by atoms with Crippen molar-refractivity contribution in [2.75, 3.05) is 65.8 Å². The summed E-state index contributed by atoms with van der Waals surface area (Å²) < 4.78 is 10.9. The number of nitrogens with zero attached hydrogens (tertiary/aromatic N) is 4. The van der Waals surface area contributed by atoms with Gasteiger partial charge in [0.2, 0.25) is 0 Å². The van der Waals surface area contributed by atoms with Crippen LogP contribution in [0, 0.1) is 13.8 Å². The lowest BCUT2D eigenvalue weighted by molar-refractivity contribution is 0.0351. The minimum Gasteiger partial charge on any atom is -0.379 e. The van der Waals surface area contributed by atoms with Gasteiger partial charge in [0, 0.05) is 44.1 Å². The molecule has 26 heavy (non-hydrogen) atoms. The number of hydrogen-bond donors (Lipinski definition) is 1. The third-order valence-corrected chi connectivity index (χ3v) is 5.18. The third-order valence-electron chi connectivity index (χ3n) is 4.75. The molecule has 3 rings (SSSR count). The van der Waals surface area contributed by atoms with Gasteiger partial charge >= 0.3 is 0 Å². The zero-order valence-corrected chi connectivity index (χ0v) is 16.6. The van der Waals surface area contributed by atoms with Crippen LogP contribution in [0.15, 0.2) is 6.07 Å². The van der Waals surface area contributed by atoms with Crippen molar-refractivity contribution in [3.05, 3.63) is 23.3 Å². The summed E-state index contributed by atoms with van der Waals surface area (Å²) in [5, 5.41) is 3.44. The summed E-state index contributed by atoms with van der Waals surface area (Å²) in [6.07, 6.45) is 0. The van der Waals surface area contributed by atoms with Crippen molar-refractivity contribution in [2.24, 2.45) is 0 Å². The maximum atomic E-state index is 5.77. The number of morpholine rings is 2. The lowest BCUT2D eigenvalue weighted by atomic mass is 10.1. The highest BCUT2D eigenvalue weighted by Crippen LogP contribution is 2.17. The van der Waals surface area contributed by atoms with Gasteiger partial charge in [-0.3, -0.25) is 9.80 Å². The van der Waals surface area contributed by atoms with Crippen molar-refractivity contribution >= 4 is 17.2 Å². The third kappa shape index (κ3) is 5.65. The molecule has 3 heterocycles. The molecule has 0 radical (unpaired) electrons. The average Bonchev–Trinajstić information content (AvgIpc) is 2.65. The van der Waals surface area contributed by atoms with Crippen LogP contribution >= 0.6 is 12.2 Å². The van der Waals surface area contributed by atoms with Crippen LogP contribution in [0.5, 0.6) is 0 Å². The fourth-order valence-corrected chi connectivity index (χ4v) is 3.55. The van der Waals surface area contributed by atoms with Crippen LogP contribution in [0.1, 0.15) is 23.1 Å². The van der Waals surface area contributed by atoms with Crippen molar-refractivity contribution in [3.8, 4) is 0 Å². The number of ether oxygens (including phenoxy) is 2. The van der Waals surface area contributed by atoms with Crippen molar-refractivity contribution in [1.29, 1.82) is 0 Å². The van der Waals surface area contributed by atoms with Crippen LogP contribution in [0.2, 0.25) is 0 Å². The Morgan fingerprint density at radius 1 is 1.04 bits per heavy atom. The molecule has 8 heteroatoms. The lowest BCUT2D eigenvalue weighted by Crippen LogP contribution is -2.47. The van der Waals surface area contributed by atoms with Crippen molar-refractivity contribution in [3.63, 3.8) is 0 Å². The van der Waals surface area contributed by atoms with Gasteiger partial charge in [-0.2, -0.15) is 0 Å². The van der Waals surface area contributed by atoms with Crippen molar-refractivity contribution < 1.29 is 9.47 Å². The van der Waals surface area contributed by atoms with Gasteiger partial charge in [-0.25, -0.2) is 9.97 Å². The molecule has 0 bridgehead atoms. The monoisotopic (exact) mass is 379 g/mol. The first-order valence-corrected chi connectivity index (χ1v) is 9.73. The summed E-state index contributed by atoms with van der Waals surface area (Å²) in [5.74, 6) is 0.802. The molecule has 0 spiro atoms. The van der Waals surface area contributed by atoms with E-state index in [-0.39, 0.29) is 5.92 Å². The highest BCUT2D eigenvalue weighted by molar-refractivity contribution is 7.80. The van der Waals surface area contributed by atoms with E-state index in [9.17, 15) is 0 Å². The number of thiocarbonyl (C=S) groups is 1. The van der Waals surface area contributed by atoms with Crippen LogP contribution in [0.4, 0.5) is 0 Å². The largest absolute Gasteiger partial charge is 0.379 e. The molecule has 1 aromatic rings. The molecular weight excluding hydrogens is 350 g/mol. The smallest absolute Gasteiger partial charge is 0.139 e. The van der Waals surface area contributed by atoms with E-state index in [1.165, 1.54) is 0 Å². The second-order valence-electron chi connectivity index (χ2n) is 6.90. The van der Waals surface area contributed by atoms with Gasteiger partial charge in [-0.05, 0) is 19.9 Å². The van der Waals surface area contributed by atoms with Gasteiger partial charge in [0.1, 0.15) is 5.82 Å². The molecule has 2 aliphatic heterocycles. The van der Waals surface area contributed by atoms with Gasteiger partial charge in [0.05, 0.1) is 44.0 Å². The zero-order valence-electron chi connectivity index (χ0n) is 15.7. The van der Waals surface area contributed by atoms with E-state index >= 15 is 0 Å². The highest BCUT2D eigenvalue weighted by Gasteiger charge is 2.25. The Morgan fingerprint density at radius 3 is 2.15 bits per heavy atom. The Kier molecular flexibility index (Phi) is 7.27. The Balaban J connectivity index is 1.69. The second-order valence-corrected chi connectivity index (χ2v) is 7.34. The maximum Gasteiger partial charge on any atom is 0.139 e. The Labute approximate surface area is 161 Å². The van der Waals surface area contributed by atoms with Crippen LogP contribution in [0.25, 0.3) is 0 Å². The highest BCUT2D eigenvalue weighted by atomic mass is 32.1. The molecule has 1 aromatic heterocycles. The molecule has 0 saturated carbocycles. The van der Waals surface area contributed by atoms with E-state index in [2.05, 4.69) is 25.1 Å². The molecular formula is C18H29N5O2S. The molecule has 2 aliphatic rings. The fourth-order valence-electron chi connectivity index (χ4n) is 3.31. The minimum absolute atomic E-state index is 0.0114. The Hall–Kier alpha value is -1.19. The molecule has 2 fully saturated rings. The zero-order chi connectivity index (χ0) is 18.4. The van der Waals surface area contributed by atoms with E-state index in [4.69, 9.17) is 21.7 Å². The summed E-state index contributed by atoms with van der Waals surface area (Å²) in [4.78, 5) is 14.9. The van der Waals surface area contributed by atoms with Gasteiger partial charge in [-0.15, -0.1) is 0 Å². The molecule has 144 valence electrons. The fraction of sp³-hybridized carbons (Fsp3) is 0.722. The predicted octanol–water partition coefficient (Wildman–Crippen LogP) is 0.716. The van der Waals surface area contributed by atoms with Gasteiger partial charge < -0.3 is 14.8 Å². The number of aromatic nitrogens is 2. The molecule has 1 atom stereocenters. The maximum absolute atomic E-state index is 5.77. The quantitative estimate of drug-likeness (QED) is 0.726. The molecule has 0 aromatic carbocycles. The van der Waals surface area contributed by atoms with Crippen LogP contribution in [-0.2, 0) is 9.47 Å². The lowest BCUT2D eigenvalue weighted by Gasteiger charge is -2.32. The summed E-state index contributed by atoms with van der Waals surface area (Å²) in [7, 11) is 0. The standard InChI is InChI=1S/C18H29N5O2S/c1-14-11-15(2)21-17(20-14)16(12-22-3-7-24-8-4-22)18(26)19-13-23-5-9-25-10-6-23/h11,16H,3-10,12-13H2,1-2H3,(H,19,26). The topological polar surface area (TPSA) is 62.8 Å². The molecule has 2 saturated heterocycles. The van der Waals surface area contributed by atoms with E-state index in [1.807, 2.05) is 19.9 Å². The number of hydrogen-bond acceptors (Lipinski definition) is 7. The summed E-state index contributed by atoms with van der Waals surface area (Å²) >= 11 is 5.77. The Bertz CT molecular complexity index is 583. The predicted molar refractivity (Wildman–Crippen MR) is 104 cm³/mol. The van der Waals surface area contributed by atoms with Gasteiger partial charge in [-0.1, -0.05) is 12.2 Å². The summed E-state index contributed by atoms with van der Waals surface area (Å²) in [5.41, 5.74) is 1.96. The Morgan fingerprint density at radius 2 is 1.58 bits per heavy atom. The van der Waals surface area contributed by atoms with Crippen LogP contribution < -0.4 is 5.32 Å². The molecule has 0 aliphatic carbocycles. The number of nitrogens with one attached hydrogen (secondary N) is 1. The van der Waals surface area contributed by atoms with Crippen LogP contribution in [-0.4, -0.2) is 90.6 Å². The van der Waals surface area contributed by atoms with Crippen molar-refractivity contribution in [2.45, 2.75) is 19.8 Å². The summed E-state index contributed by atoms with van der Waals surface area (Å²) in [6, 6.07) is 2.00. The van der Waals surface area contributed by atoms with Gasteiger partial charge in [0.25, 0.3) is 0 Å². The SMILES string of the molecule is Cc1cc(C)nc(C(CN2CCOCC2)C(=S)NCN2CCOCC2)n1. The molecule has 7 nitrogen and oxygen atoms in total. The van der Waals surface area contributed by atoms with E-state index in [1.54, 1.807) is 0 Å². The molecule has 0 amide bonds. The summed E-state index contributed by atoms with van der Waals surface area (Å²) in [6.45, 7) is 12.4. The number of rotatable bonds is 6. The van der Waals surface area contributed by atoms with Crippen LogP contribution in [0.3, 0.4) is 0 Å².